The minimum Gasteiger partial charge on any atom is -0.380 e. The molecular weight excluding hydrogens is 188 g/mol. The SMILES string of the molecule is CC/C=C\C(=NC)C(O)c1ccccn1. The first-order valence-electron chi connectivity index (χ1n) is 5.01. The van der Waals surface area contributed by atoms with Gasteiger partial charge in [-0.15, -0.1) is 0 Å². The van der Waals surface area contributed by atoms with Crippen molar-refractivity contribution in [2.45, 2.75) is 19.4 Å². The number of nitrogens with zero attached hydrogens (tertiary/aromatic N) is 2. The summed E-state index contributed by atoms with van der Waals surface area (Å²) in [4.78, 5) is 8.13. The summed E-state index contributed by atoms with van der Waals surface area (Å²) < 4.78 is 0. The molecule has 1 heterocycles. The van der Waals surface area contributed by atoms with Crippen LogP contribution in [0.4, 0.5) is 0 Å². The summed E-state index contributed by atoms with van der Waals surface area (Å²) in [5.41, 5.74) is 1.26. The van der Waals surface area contributed by atoms with Gasteiger partial charge in [-0.05, 0) is 24.6 Å². The van der Waals surface area contributed by atoms with Crippen LogP contribution in [-0.4, -0.2) is 22.8 Å². The molecule has 0 aliphatic heterocycles. The Morgan fingerprint density at radius 1 is 1.60 bits per heavy atom. The van der Waals surface area contributed by atoms with Crippen molar-refractivity contribution in [1.29, 1.82) is 0 Å². The van der Waals surface area contributed by atoms with E-state index in [1.54, 1.807) is 19.3 Å². The smallest absolute Gasteiger partial charge is 0.137 e. The highest BCUT2D eigenvalue weighted by Crippen LogP contribution is 2.12. The van der Waals surface area contributed by atoms with Crippen molar-refractivity contribution in [3.63, 3.8) is 0 Å². The second-order valence-electron chi connectivity index (χ2n) is 3.12. The molecular formula is C12H16N2O. The molecule has 0 aromatic carbocycles. The summed E-state index contributed by atoms with van der Waals surface area (Å²) >= 11 is 0. The second-order valence-corrected chi connectivity index (χ2v) is 3.12. The van der Waals surface area contributed by atoms with Crippen LogP contribution < -0.4 is 0 Å². The average Bonchev–Trinajstić information content (AvgIpc) is 2.31. The van der Waals surface area contributed by atoms with Gasteiger partial charge in [-0.3, -0.25) is 9.98 Å². The lowest BCUT2D eigenvalue weighted by atomic mass is 10.1. The van der Waals surface area contributed by atoms with Gasteiger partial charge in [0.2, 0.25) is 0 Å². The fraction of sp³-hybridized carbons (Fsp3) is 0.333. The molecule has 1 atom stereocenters. The number of hydrogen-bond acceptors (Lipinski definition) is 3. The number of hydrogen-bond donors (Lipinski definition) is 1. The Morgan fingerprint density at radius 2 is 2.40 bits per heavy atom. The van der Waals surface area contributed by atoms with Crippen molar-refractivity contribution in [2.24, 2.45) is 4.99 Å². The number of aliphatic imine (C=N–C) groups is 1. The molecule has 0 fully saturated rings. The van der Waals surface area contributed by atoms with Gasteiger partial charge in [0, 0.05) is 13.2 Å². The highest BCUT2D eigenvalue weighted by Gasteiger charge is 2.12. The van der Waals surface area contributed by atoms with Crippen molar-refractivity contribution in [3.05, 3.63) is 42.2 Å². The van der Waals surface area contributed by atoms with Gasteiger partial charge in [-0.2, -0.15) is 0 Å². The maximum absolute atomic E-state index is 9.96. The van der Waals surface area contributed by atoms with Crippen LogP contribution in [0.2, 0.25) is 0 Å². The quantitative estimate of drug-likeness (QED) is 0.764. The monoisotopic (exact) mass is 204 g/mol. The molecule has 1 aromatic heterocycles. The summed E-state index contributed by atoms with van der Waals surface area (Å²) in [6.45, 7) is 2.04. The van der Waals surface area contributed by atoms with Gasteiger partial charge < -0.3 is 5.11 Å². The summed E-state index contributed by atoms with van der Waals surface area (Å²) in [6, 6.07) is 5.46. The number of rotatable bonds is 4. The zero-order valence-electron chi connectivity index (χ0n) is 9.09. The summed E-state index contributed by atoms with van der Waals surface area (Å²) in [7, 11) is 1.67. The Bertz CT molecular complexity index is 344. The van der Waals surface area contributed by atoms with Crippen LogP contribution in [0.1, 0.15) is 25.1 Å². The average molecular weight is 204 g/mol. The van der Waals surface area contributed by atoms with E-state index in [2.05, 4.69) is 9.98 Å². The van der Waals surface area contributed by atoms with Crippen molar-refractivity contribution < 1.29 is 5.11 Å². The maximum Gasteiger partial charge on any atom is 0.137 e. The van der Waals surface area contributed by atoms with Crippen molar-refractivity contribution >= 4 is 5.71 Å². The Labute approximate surface area is 90.2 Å². The second kappa shape index (κ2) is 6.09. The molecule has 0 saturated carbocycles. The fourth-order valence-electron chi connectivity index (χ4n) is 1.22. The standard InChI is InChI=1S/C12H16N2O/c1-3-4-7-10(13-2)12(15)11-8-5-6-9-14-11/h4-9,12,15H,3H2,1-2H3/b7-4-,13-10?. The molecule has 15 heavy (non-hydrogen) atoms. The van der Waals surface area contributed by atoms with E-state index in [9.17, 15) is 5.11 Å². The van der Waals surface area contributed by atoms with E-state index < -0.39 is 6.10 Å². The molecule has 3 heteroatoms. The predicted molar refractivity (Wildman–Crippen MR) is 62.0 cm³/mol. The molecule has 0 aliphatic carbocycles. The topological polar surface area (TPSA) is 45.5 Å². The molecule has 0 spiro atoms. The Balaban J connectivity index is 2.83. The summed E-state index contributed by atoms with van der Waals surface area (Å²) in [5, 5.41) is 9.96. The lowest BCUT2D eigenvalue weighted by Crippen LogP contribution is -2.11. The molecule has 80 valence electrons. The molecule has 1 rings (SSSR count). The predicted octanol–water partition coefficient (Wildman–Crippen LogP) is 2.15. The van der Waals surface area contributed by atoms with Crippen LogP contribution >= 0.6 is 0 Å². The van der Waals surface area contributed by atoms with E-state index in [1.165, 1.54) is 0 Å². The van der Waals surface area contributed by atoms with Gasteiger partial charge in [0.25, 0.3) is 0 Å². The highest BCUT2D eigenvalue weighted by atomic mass is 16.3. The van der Waals surface area contributed by atoms with Crippen LogP contribution in [0.15, 0.2) is 41.5 Å². The van der Waals surface area contributed by atoms with Crippen LogP contribution in [0.5, 0.6) is 0 Å². The Morgan fingerprint density at radius 3 is 2.93 bits per heavy atom. The molecule has 0 saturated heterocycles. The van der Waals surface area contributed by atoms with Gasteiger partial charge >= 0.3 is 0 Å². The number of aliphatic hydroxyl groups is 1. The van der Waals surface area contributed by atoms with Crippen LogP contribution in [-0.2, 0) is 0 Å². The number of aliphatic hydroxyl groups excluding tert-OH is 1. The van der Waals surface area contributed by atoms with E-state index in [4.69, 9.17) is 0 Å². The van der Waals surface area contributed by atoms with E-state index in [0.29, 0.717) is 11.4 Å². The van der Waals surface area contributed by atoms with Crippen molar-refractivity contribution in [2.75, 3.05) is 7.05 Å². The summed E-state index contributed by atoms with van der Waals surface area (Å²) in [5.74, 6) is 0. The molecule has 3 nitrogen and oxygen atoms in total. The normalized spacial score (nSPS) is 14.5. The third kappa shape index (κ3) is 3.29. The number of pyridine rings is 1. The molecule has 1 unspecified atom stereocenters. The van der Waals surface area contributed by atoms with Crippen LogP contribution in [0, 0.1) is 0 Å². The van der Waals surface area contributed by atoms with Crippen LogP contribution in [0.25, 0.3) is 0 Å². The third-order valence-electron chi connectivity index (χ3n) is 2.03. The van der Waals surface area contributed by atoms with E-state index in [1.807, 2.05) is 31.2 Å². The zero-order valence-corrected chi connectivity index (χ0v) is 9.09. The maximum atomic E-state index is 9.96. The largest absolute Gasteiger partial charge is 0.380 e. The molecule has 1 N–H and O–H groups in total. The molecule has 0 amide bonds. The first-order valence-corrected chi connectivity index (χ1v) is 5.01. The first-order chi connectivity index (χ1) is 7.29. The number of aromatic nitrogens is 1. The molecule has 0 aliphatic rings. The Hall–Kier alpha value is -1.48. The minimum atomic E-state index is -0.737. The van der Waals surface area contributed by atoms with E-state index in [0.717, 1.165) is 6.42 Å². The van der Waals surface area contributed by atoms with Crippen molar-refractivity contribution in [1.82, 2.24) is 4.98 Å². The first kappa shape index (κ1) is 11.6. The van der Waals surface area contributed by atoms with Gasteiger partial charge in [-0.25, -0.2) is 0 Å². The molecule has 1 aromatic rings. The summed E-state index contributed by atoms with van der Waals surface area (Å²) in [6.07, 6.45) is 5.65. The zero-order chi connectivity index (χ0) is 11.1. The lowest BCUT2D eigenvalue weighted by molar-refractivity contribution is 0.243. The highest BCUT2D eigenvalue weighted by molar-refractivity contribution is 5.98. The van der Waals surface area contributed by atoms with E-state index >= 15 is 0 Å². The molecule has 0 bridgehead atoms. The third-order valence-corrected chi connectivity index (χ3v) is 2.03. The van der Waals surface area contributed by atoms with Crippen molar-refractivity contribution in [3.8, 4) is 0 Å². The minimum absolute atomic E-state index is 0.624. The lowest BCUT2D eigenvalue weighted by Gasteiger charge is -2.09. The fourth-order valence-corrected chi connectivity index (χ4v) is 1.22. The van der Waals surface area contributed by atoms with E-state index in [-0.39, 0.29) is 0 Å². The Kier molecular flexibility index (Phi) is 4.71. The van der Waals surface area contributed by atoms with Gasteiger partial charge in [0.05, 0.1) is 11.4 Å². The van der Waals surface area contributed by atoms with Gasteiger partial charge in [0.15, 0.2) is 0 Å². The number of allylic oxidation sites excluding steroid dienone is 1. The van der Waals surface area contributed by atoms with Gasteiger partial charge in [-0.1, -0.05) is 19.1 Å². The molecule has 0 radical (unpaired) electrons. The van der Waals surface area contributed by atoms with Gasteiger partial charge in [0.1, 0.15) is 6.10 Å². The van der Waals surface area contributed by atoms with Crippen LogP contribution in [0.3, 0.4) is 0 Å².